The molecule has 96 valence electrons. The highest BCUT2D eigenvalue weighted by atomic mass is 32.2. The second-order valence-electron chi connectivity index (χ2n) is 4.22. The van der Waals surface area contributed by atoms with Gasteiger partial charge < -0.3 is 5.11 Å². The number of hydrogen-bond acceptors (Lipinski definition) is 2. The van der Waals surface area contributed by atoms with Gasteiger partial charge in [0, 0.05) is 16.2 Å². The highest BCUT2D eigenvalue weighted by molar-refractivity contribution is 7.98. The molecule has 2 aromatic rings. The first-order chi connectivity index (χ1) is 9.29. The molecule has 2 rings (SSSR count). The zero-order valence-electron chi connectivity index (χ0n) is 10.9. The van der Waals surface area contributed by atoms with Crippen LogP contribution in [0, 0.1) is 18.8 Å². The lowest BCUT2D eigenvalue weighted by molar-refractivity contribution is 0.350. The lowest BCUT2D eigenvalue weighted by Crippen LogP contribution is -1.87. The van der Waals surface area contributed by atoms with Crippen LogP contribution >= 0.6 is 11.8 Å². The summed E-state index contributed by atoms with van der Waals surface area (Å²) in [6.45, 7) is 2.00. The Balaban J connectivity index is 2.11. The van der Waals surface area contributed by atoms with E-state index in [2.05, 4.69) is 49.1 Å². The molecule has 1 nitrogen and oxygen atoms in total. The van der Waals surface area contributed by atoms with Crippen LogP contribution in [-0.4, -0.2) is 11.7 Å². The molecule has 0 atom stereocenters. The number of rotatable bonds is 3. The maximum Gasteiger partial charge on any atom is 0.104 e. The van der Waals surface area contributed by atoms with E-state index >= 15 is 0 Å². The maximum absolute atomic E-state index is 8.78. The molecule has 0 heterocycles. The standard InChI is InChI=1S/C17H16OS/c1-14-6-4-10-17(12-14)19-13-16-8-3-2-7-15(16)9-5-11-18/h2-4,6-8,10,12,18H,11,13H2,1H3. The summed E-state index contributed by atoms with van der Waals surface area (Å²) in [6, 6.07) is 16.6. The number of thioether (sulfide) groups is 1. The van der Waals surface area contributed by atoms with Gasteiger partial charge in [0.15, 0.2) is 0 Å². The number of aryl methyl sites for hydroxylation is 1. The molecule has 0 aliphatic rings. The number of aliphatic hydroxyl groups excluding tert-OH is 1. The molecule has 0 saturated carbocycles. The summed E-state index contributed by atoms with van der Waals surface area (Å²) in [4.78, 5) is 1.27. The SMILES string of the molecule is Cc1cccc(SCc2ccccc2C#CCO)c1. The molecule has 1 N–H and O–H groups in total. The second-order valence-corrected chi connectivity index (χ2v) is 5.27. The van der Waals surface area contributed by atoms with Gasteiger partial charge in [-0.1, -0.05) is 47.7 Å². The van der Waals surface area contributed by atoms with Crippen molar-refractivity contribution in [1.82, 2.24) is 0 Å². The molecule has 19 heavy (non-hydrogen) atoms. The topological polar surface area (TPSA) is 20.2 Å². The van der Waals surface area contributed by atoms with Gasteiger partial charge in [0.2, 0.25) is 0 Å². The largest absolute Gasteiger partial charge is 0.384 e. The first-order valence-corrected chi connectivity index (χ1v) is 7.15. The summed E-state index contributed by atoms with van der Waals surface area (Å²) in [5.41, 5.74) is 3.48. The van der Waals surface area contributed by atoms with Crippen molar-refractivity contribution in [3.63, 3.8) is 0 Å². The van der Waals surface area contributed by atoms with Crippen molar-refractivity contribution in [2.45, 2.75) is 17.6 Å². The van der Waals surface area contributed by atoms with Gasteiger partial charge in [-0.05, 0) is 30.7 Å². The van der Waals surface area contributed by atoms with Crippen LogP contribution in [0.2, 0.25) is 0 Å². The molecule has 0 aliphatic carbocycles. The molecule has 0 saturated heterocycles. The van der Waals surface area contributed by atoms with Crippen LogP contribution in [0.4, 0.5) is 0 Å². The Morgan fingerprint density at radius 3 is 2.74 bits per heavy atom. The fraction of sp³-hybridized carbons (Fsp3) is 0.176. The Bertz CT molecular complexity index is 608. The van der Waals surface area contributed by atoms with Gasteiger partial charge in [-0.15, -0.1) is 11.8 Å². The first kappa shape index (κ1) is 13.7. The van der Waals surface area contributed by atoms with Gasteiger partial charge >= 0.3 is 0 Å². The lowest BCUT2D eigenvalue weighted by Gasteiger charge is -2.05. The summed E-state index contributed by atoms with van der Waals surface area (Å²) in [5.74, 6) is 6.59. The minimum absolute atomic E-state index is 0.0979. The van der Waals surface area contributed by atoms with Gasteiger partial charge in [0.1, 0.15) is 6.61 Å². The van der Waals surface area contributed by atoms with Gasteiger partial charge in [-0.2, -0.15) is 0 Å². The van der Waals surface area contributed by atoms with E-state index in [1.807, 2.05) is 18.2 Å². The molecule has 0 aromatic heterocycles. The predicted molar refractivity (Wildman–Crippen MR) is 81.1 cm³/mol. The number of aliphatic hydroxyl groups is 1. The summed E-state index contributed by atoms with van der Waals surface area (Å²) in [5, 5.41) is 8.78. The monoisotopic (exact) mass is 268 g/mol. The number of hydrogen-bond donors (Lipinski definition) is 1. The third-order valence-corrected chi connectivity index (χ3v) is 3.75. The average molecular weight is 268 g/mol. The Labute approximate surface area is 118 Å². The molecule has 2 heteroatoms. The van der Waals surface area contributed by atoms with Gasteiger partial charge in [-0.25, -0.2) is 0 Å². The third kappa shape index (κ3) is 4.17. The van der Waals surface area contributed by atoms with E-state index in [-0.39, 0.29) is 6.61 Å². The van der Waals surface area contributed by atoms with Crippen LogP contribution in [-0.2, 0) is 5.75 Å². The summed E-state index contributed by atoms with van der Waals surface area (Å²) < 4.78 is 0. The van der Waals surface area contributed by atoms with Gasteiger partial charge in [0.25, 0.3) is 0 Å². The van der Waals surface area contributed by atoms with E-state index in [0.29, 0.717) is 0 Å². The van der Waals surface area contributed by atoms with Crippen molar-refractivity contribution < 1.29 is 5.11 Å². The minimum atomic E-state index is -0.0979. The smallest absolute Gasteiger partial charge is 0.104 e. The average Bonchev–Trinajstić information content (AvgIpc) is 2.44. The van der Waals surface area contributed by atoms with Crippen molar-refractivity contribution >= 4 is 11.8 Å². The predicted octanol–water partition coefficient (Wildman–Crippen LogP) is 3.63. The Morgan fingerprint density at radius 2 is 1.95 bits per heavy atom. The molecule has 0 fully saturated rings. The first-order valence-electron chi connectivity index (χ1n) is 6.16. The molecule has 0 spiro atoms. The van der Waals surface area contributed by atoms with Gasteiger partial charge in [0.05, 0.1) is 0 Å². The molecule has 0 unspecified atom stereocenters. The third-order valence-electron chi connectivity index (χ3n) is 2.70. The van der Waals surface area contributed by atoms with E-state index in [1.165, 1.54) is 16.0 Å². The molecule has 0 bridgehead atoms. The van der Waals surface area contributed by atoms with Crippen LogP contribution in [0.15, 0.2) is 53.4 Å². The van der Waals surface area contributed by atoms with Crippen LogP contribution in [0.5, 0.6) is 0 Å². The Morgan fingerprint density at radius 1 is 1.11 bits per heavy atom. The van der Waals surface area contributed by atoms with Crippen LogP contribution in [0.1, 0.15) is 16.7 Å². The summed E-state index contributed by atoms with van der Waals surface area (Å²) in [7, 11) is 0. The fourth-order valence-electron chi connectivity index (χ4n) is 1.77. The molecule has 0 aliphatic heterocycles. The molecule has 0 radical (unpaired) electrons. The molecule has 2 aromatic carbocycles. The lowest BCUT2D eigenvalue weighted by atomic mass is 10.1. The van der Waals surface area contributed by atoms with Crippen molar-refractivity contribution in [3.8, 4) is 11.8 Å². The van der Waals surface area contributed by atoms with Crippen LogP contribution in [0.25, 0.3) is 0 Å². The number of benzene rings is 2. The van der Waals surface area contributed by atoms with E-state index in [0.717, 1.165) is 11.3 Å². The molecular formula is C17H16OS. The van der Waals surface area contributed by atoms with Gasteiger partial charge in [-0.3, -0.25) is 0 Å². The van der Waals surface area contributed by atoms with Crippen molar-refractivity contribution in [2.24, 2.45) is 0 Å². The molecule has 0 amide bonds. The second kappa shape index (κ2) is 7.04. The minimum Gasteiger partial charge on any atom is -0.384 e. The van der Waals surface area contributed by atoms with Crippen LogP contribution < -0.4 is 0 Å². The van der Waals surface area contributed by atoms with Crippen molar-refractivity contribution in [3.05, 3.63) is 65.2 Å². The van der Waals surface area contributed by atoms with Crippen molar-refractivity contribution in [1.29, 1.82) is 0 Å². The van der Waals surface area contributed by atoms with E-state index in [9.17, 15) is 0 Å². The van der Waals surface area contributed by atoms with Crippen LogP contribution in [0.3, 0.4) is 0 Å². The van der Waals surface area contributed by atoms with E-state index in [1.54, 1.807) is 11.8 Å². The van der Waals surface area contributed by atoms with Crippen molar-refractivity contribution in [2.75, 3.05) is 6.61 Å². The Kier molecular flexibility index (Phi) is 5.09. The molecular weight excluding hydrogens is 252 g/mol. The Hall–Kier alpha value is -1.69. The fourth-order valence-corrected chi connectivity index (χ4v) is 2.79. The van der Waals surface area contributed by atoms with E-state index < -0.39 is 0 Å². The highest BCUT2D eigenvalue weighted by Crippen LogP contribution is 2.24. The zero-order chi connectivity index (χ0) is 13.5. The highest BCUT2D eigenvalue weighted by Gasteiger charge is 2.01. The normalized spacial score (nSPS) is 9.79. The maximum atomic E-state index is 8.78. The summed E-state index contributed by atoms with van der Waals surface area (Å²) >= 11 is 1.81. The van der Waals surface area contributed by atoms with E-state index in [4.69, 9.17) is 5.11 Å². The summed E-state index contributed by atoms with van der Waals surface area (Å²) in [6.07, 6.45) is 0. The quantitative estimate of drug-likeness (QED) is 0.677. The zero-order valence-corrected chi connectivity index (χ0v) is 11.7.